The number of benzene rings is 2. The first-order valence-electron chi connectivity index (χ1n) is 8.06. The highest BCUT2D eigenvalue weighted by Crippen LogP contribution is 2.39. The van der Waals surface area contributed by atoms with Crippen molar-refractivity contribution in [2.75, 3.05) is 18.2 Å². The van der Waals surface area contributed by atoms with Gasteiger partial charge in [0.15, 0.2) is 16.3 Å². The molecule has 6 nitrogen and oxygen atoms in total. The number of fused-ring (bicyclic) bond motifs is 1. The first-order valence-corrected chi connectivity index (χ1v) is 9.63. The smallest absolute Gasteiger partial charge is 0.193 e. The van der Waals surface area contributed by atoms with E-state index in [-0.39, 0.29) is 11.2 Å². The van der Waals surface area contributed by atoms with Gasteiger partial charge in [0.1, 0.15) is 22.0 Å². The summed E-state index contributed by atoms with van der Waals surface area (Å²) in [5, 5.41) is 4.87. The average molecular weight is 434 g/mol. The standard InChI is InChI=1S/C19H13Cl2N3O3S/c1-26-9-5-6-14-10(7-9)13(25)8-15(27-14)17-18(22)24-19(28-17)23-16-11(20)3-2-4-12(16)21/h2-8H,22H2,1H3,(H,23,24). The molecule has 0 radical (unpaired) electrons. The maximum absolute atomic E-state index is 12.5. The number of nitrogen functional groups attached to an aromatic ring is 1. The molecule has 0 atom stereocenters. The number of ether oxygens (including phenoxy) is 1. The van der Waals surface area contributed by atoms with Crippen molar-refractivity contribution in [1.82, 2.24) is 4.98 Å². The lowest BCUT2D eigenvalue weighted by Gasteiger charge is -2.06. The van der Waals surface area contributed by atoms with Gasteiger partial charge in [0.2, 0.25) is 0 Å². The minimum absolute atomic E-state index is 0.202. The summed E-state index contributed by atoms with van der Waals surface area (Å²) in [6.45, 7) is 0. The monoisotopic (exact) mass is 433 g/mol. The van der Waals surface area contributed by atoms with E-state index in [0.29, 0.717) is 48.2 Å². The second-order valence-electron chi connectivity index (χ2n) is 5.79. The first-order chi connectivity index (χ1) is 13.5. The molecule has 4 aromatic rings. The van der Waals surface area contributed by atoms with Crippen LogP contribution in [-0.2, 0) is 0 Å². The zero-order valence-corrected chi connectivity index (χ0v) is 16.8. The Labute approximate surface area is 173 Å². The normalized spacial score (nSPS) is 11.0. The van der Waals surface area contributed by atoms with Crippen LogP contribution in [0.25, 0.3) is 21.6 Å². The summed E-state index contributed by atoms with van der Waals surface area (Å²) in [7, 11) is 1.54. The fourth-order valence-corrected chi connectivity index (χ4v) is 3.99. The number of nitrogens with zero attached hydrogens (tertiary/aromatic N) is 1. The summed E-state index contributed by atoms with van der Waals surface area (Å²) < 4.78 is 11.0. The Kier molecular flexibility index (Phi) is 4.89. The van der Waals surface area contributed by atoms with Crippen LogP contribution in [0.4, 0.5) is 16.6 Å². The van der Waals surface area contributed by atoms with Gasteiger partial charge in [-0.15, -0.1) is 0 Å². The summed E-state index contributed by atoms with van der Waals surface area (Å²) in [5.74, 6) is 1.13. The molecule has 0 bridgehead atoms. The second kappa shape index (κ2) is 7.35. The first kappa shape index (κ1) is 18.6. The quantitative estimate of drug-likeness (QED) is 0.437. The Morgan fingerprint density at radius 3 is 2.64 bits per heavy atom. The fraction of sp³-hybridized carbons (Fsp3) is 0.0526. The Hall–Kier alpha value is -2.74. The maximum Gasteiger partial charge on any atom is 0.193 e. The molecule has 0 amide bonds. The van der Waals surface area contributed by atoms with E-state index in [9.17, 15) is 4.79 Å². The molecule has 0 aliphatic rings. The van der Waals surface area contributed by atoms with Crippen LogP contribution < -0.4 is 21.2 Å². The Bertz CT molecular complexity index is 1230. The highest BCUT2D eigenvalue weighted by atomic mass is 35.5. The molecule has 0 unspecified atom stereocenters. The van der Waals surface area contributed by atoms with Crippen LogP contribution >= 0.6 is 34.5 Å². The van der Waals surface area contributed by atoms with E-state index in [2.05, 4.69) is 10.3 Å². The summed E-state index contributed by atoms with van der Waals surface area (Å²) in [4.78, 5) is 17.3. The number of halogens is 2. The molecule has 2 aromatic heterocycles. The minimum atomic E-state index is -0.202. The Morgan fingerprint density at radius 2 is 1.93 bits per heavy atom. The van der Waals surface area contributed by atoms with Crippen LogP contribution in [-0.4, -0.2) is 12.1 Å². The molecule has 0 saturated heterocycles. The molecule has 9 heteroatoms. The minimum Gasteiger partial charge on any atom is -0.497 e. The van der Waals surface area contributed by atoms with Gasteiger partial charge in [-0.2, -0.15) is 0 Å². The van der Waals surface area contributed by atoms with Crippen molar-refractivity contribution in [1.29, 1.82) is 0 Å². The zero-order valence-electron chi connectivity index (χ0n) is 14.5. The number of hydrogen-bond donors (Lipinski definition) is 2. The average Bonchev–Trinajstić information content (AvgIpc) is 3.05. The molecular weight excluding hydrogens is 421 g/mol. The van der Waals surface area contributed by atoms with Crippen molar-refractivity contribution in [3.63, 3.8) is 0 Å². The molecule has 2 heterocycles. The van der Waals surface area contributed by atoms with Crippen LogP contribution in [0, 0.1) is 0 Å². The molecule has 4 rings (SSSR count). The van der Waals surface area contributed by atoms with Crippen LogP contribution in [0.1, 0.15) is 0 Å². The van der Waals surface area contributed by atoms with Gasteiger partial charge in [-0.25, -0.2) is 4.98 Å². The van der Waals surface area contributed by atoms with Crippen LogP contribution in [0.2, 0.25) is 10.0 Å². The van der Waals surface area contributed by atoms with E-state index in [1.165, 1.54) is 24.5 Å². The predicted octanol–water partition coefficient (Wildman–Crippen LogP) is 5.56. The molecule has 0 aliphatic heterocycles. The number of thiazole rings is 1. The summed E-state index contributed by atoms with van der Waals surface area (Å²) in [6, 6.07) is 11.6. The molecule has 142 valence electrons. The van der Waals surface area contributed by atoms with Crippen molar-refractivity contribution in [2.45, 2.75) is 0 Å². The van der Waals surface area contributed by atoms with E-state index in [0.717, 1.165) is 0 Å². The zero-order chi connectivity index (χ0) is 19.8. The SMILES string of the molecule is COc1ccc2oc(-c3sc(Nc4c(Cl)cccc4Cl)nc3N)cc(=O)c2c1. The lowest BCUT2D eigenvalue weighted by Crippen LogP contribution is -2.01. The highest BCUT2D eigenvalue weighted by molar-refractivity contribution is 7.19. The van der Waals surface area contributed by atoms with Crippen LogP contribution in [0.15, 0.2) is 51.7 Å². The summed E-state index contributed by atoms with van der Waals surface area (Å²) in [5.41, 5.74) is 6.81. The molecule has 0 fully saturated rings. The van der Waals surface area contributed by atoms with Crippen molar-refractivity contribution in [2.24, 2.45) is 0 Å². The van der Waals surface area contributed by atoms with Crippen molar-refractivity contribution >= 4 is 62.1 Å². The number of nitrogens with two attached hydrogens (primary N) is 1. The van der Waals surface area contributed by atoms with Crippen LogP contribution in [0.3, 0.4) is 0 Å². The number of aromatic nitrogens is 1. The van der Waals surface area contributed by atoms with E-state index in [1.54, 1.807) is 36.4 Å². The topological polar surface area (TPSA) is 90.4 Å². The Balaban J connectivity index is 1.75. The van der Waals surface area contributed by atoms with Gasteiger partial charge in [-0.3, -0.25) is 4.79 Å². The maximum atomic E-state index is 12.5. The highest BCUT2D eigenvalue weighted by Gasteiger charge is 2.17. The number of rotatable bonds is 4. The van der Waals surface area contributed by atoms with E-state index in [1.807, 2.05) is 0 Å². The predicted molar refractivity (Wildman–Crippen MR) is 114 cm³/mol. The second-order valence-corrected chi connectivity index (χ2v) is 7.61. The lowest BCUT2D eigenvalue weighted by molar-refractivity contribution is 0.415. The fourth-order valence-electron chi connectivity index (χ4n) is 2.66. The summed E-state index contributed by atoms with van der Waals surface area (Å²) >= 11 is 13.6. The largest absolute Gasteiger partial charge is 0.497 e. The number of anilines is 3. The van der Waals surface area contributed by atoms with Gasteiger partial charge in [-0.05, 0) is 30.3 Å². The lowest BCUT2D eigenvalue weighted by atomic mass is 10.2. The Morgan fingerprint density at radius 1 is 1.18 bits per heavy atom. The van der Waals surface area contributed by atoms with E-state index in [4.69, 9.17) is 38.1 Å². The summed E-state index contributed by atoms with van der Waals surface area (Å²) in [6.07, 6.45) is 0. The molecule has 28 heavy (non-hydrogen) atoms. The molecular formula is C19H13Cl2N3O3S. The number of hydrogen-bond acceptors (Lipinski definition) is 7. The molecule has 0 aliphatic carbocycles. The third kappa shape index (κ3) is 3.40. The molecule has 3 N–H and O–H groups in total. The molecule has 0 saturated carbocycles. The van der Waals surface area contributed by atoms with Gasteiger partial charge < -0.3 is 20.2 Å². The van der Waals surface area contributed by atoms with Crippen molar-refractivity contribution in [3.8, 4) is 16.4 Å². The van der Waals surface area contributed by atoms with Gasteiger partial charge in [0.25, 0.3) is 0 Å². The van der Waals surface area contributed by atoms with Crippen molar-refractivity contribution in [3.05, 3.63) is 62.7 Å². The number of nitrogens with one attached hydrogen (secondary N) is 1. The number of para-hydroxylation sites is 1. The van der Waals surface area contributed by atoms with E-state index < -0.39 is 0 Å². The molecule has 0 spiro atoms. The van der Waals surface area contributed by atoms with Crippen LogP contribution in [0.5, 0.6) is 5.75 Å². The van der Waals surface area contributed by atoms with Gasteiger partial charge in [0.05, 0.1) is 28.2 Å². The van der Waals surface area contributed by atoms with Gasteiger partial charge in [-0.1, -0.05) is 40.6 Å². The third-order valence-electron chi connectivity index (χ3n) is 4.01. The number of methoxy groups -OCH3 is 1. The molecule has 2 aromatic carbocycles. The van der Waals surface area contributed by atoms with E-state index >= 15 is 0 Å². The van der Waals surface area contributed by atoms with Crippen molar-refractivity contribution < 1.29 is 9.15 Å². The third-order valence-corrected chi connectivity index (χ3v) is 5.64. The van der Waals surface area contributed by atoms with Gasteiger partial charge in [0, 0.05) is 6.07 Å². The van der Waals surface area contributed by atoms with Gasteiger partial charge >= 0.3 is 0 Å².